The van der Waals surface area contributed by atoms with Crippen molar-refractivity contribution in [2.75, 3.05) is 11.9 Å². The second-order valence-corrected chi connectivity index (χ2v) is 11.4. The van der Waals surface area contributed by atoms with Gasteiger partial charge in [0, 0.05) is 11.3 Å². The Morgan fingerprint density at radius 1 is 0.917 bits per heavy atom. The lowest BCUT2D eigenvalue weighted by Crippen LogP contribution is -2.28. The number of amidine groups is 1. The number of hydrogen-bond acceptors (Lipinski definition) is 8. The van der Waals surface area contributed by atoms with E-state index in [2.05, 4.69) is 15.5 Å². The van der Waals surface area contributed by atoms with Crippen molar-refractivity contribution in [2.45, 2.75) is 13.2 Å². The number of thioether (sulfide) groups is 1. The van der Waals surface area contributed by atoms with E-state index in [1.807, 2.05) is 54.6 Å². The van der Waals surface area contributed by atoms with Gasteiger partial charge in [-0.15, -0.1) is 5.10 Å². The Morgan fingerprint density at radius 2 is 1.73 bits per heavy atom. The highest BCUT2D eigenvalue weighted by Gasteiger charge is 2.34. The number of para-hydroxylation sites is 1. The molecule has 5 aromatic rings. The number of halogens is 1. The maximum Gasteiger partial charge on any atom is 0.267 e. The Bertz CT molecular complexity index is 1960. The highest BCUT2D eigenvalue weighted by atomic mass is 32.2. The molecule has 0 bridgehead atoms. The van der Waals surface area contributed by atoms with E-state index in [0.29, 0.717) is 45.2 Å². The topological polar surface area (TPSA) is 106 Å². The lowest BCUT2D eigenvalue weighted by molar-refractivity contribution is -0.122. The van der Waals surface area contributed by atoms with Crippen LogP contribution >= 0.6 is 11.8 Å². The summed E-state index contributed by atoms with van der Waals surface area (Å²) in [7, 11) is 0. The third-order valence-corrected chi connectivity index (χ3v) is 7.93. The third kappa shape index (κ3) is 8.65. The molecule has 4 aromatic carbocycles. The van der Waals surface area contributed by atoms with Crippen LogP contribution in [0, 0.1) is 5.82 Å². The van der Waals surface area contributed by atoms with Crippen LogP contribution in [-0.4, -0.2) is 34.7 Å². The van der Waals surface area contributed by atoms with Crippen LogP contribution < -0.4 is 14.8 Å². The average Bonchev–Trinajstić information content (AvgIpc) is 3.73. The first kappa shape index (κ1) is 32.0. The molecule has 11 heteroatoms. The van der Waals surface area contributed by atoms with E-state index in [9.17, 15) is 14.0 Å². The monoisotopic (exact) mass is 660 g/mol. The summed E-state index contributed by atoms with van der Waals surface area (Å²) in [6.45, 7) is 0.314. The fraction of sp³-hybridized carbons (Fsp3) is 0.0811. The fourth-order valence-corrected chi connectivity index (χ4v) is 5.52. The number of nitrogens with zero attached hydrogens (tertiary/aromatic N) is 3. The van der Waals surface area contributed by atoms with Crippen molar-refractivity contribution < 1.29 is 27.9 Å². The van der Waals surface area contributed by atoms with Gasteiger partial charge in [-0.25, -0.2) is 4.39 Å². The Labute approximate surface area is 280 Å². The number of anilines is 1. The number of benzene rings is 4. The number of furan rings is 1. The molecule has 0 saturated carbocycles. The standard InChI is InChI=1S/C37H29FN4O5S/c38-29-15-17-30(18-16-29)40-35(43)25-47-33-14-5-4-11-28(33)21-34-36(44)42(23-32-13-7-19-45-32)37(48-34)41-39-22-27-10-6-12-31(20-27)46-24-26-8-2-1-3-9-26/h1-22H,23-25H2,(H,40,43)/b34-21-,39-22-,41-37+. The Kier molecular flexibility index (Phi) is 10.4. The van der Waals surface area contributed by atoms with Crippen molar-refractivity contribution in [3.05, 3.63) is 155 Å². The van der Waals surface area contributed by atoms with Gasteiger partial charge in [-0.1, -0.05) is 60.7 Å². The molecule has 2 amide bonds. The normalized spacial score (nSPS) is 14.6. The van der Waals surface area contributed by atoms with Crippen LogP contribution in [0.1, 0.15) is 22.5 Å². The number of ether oxygens (including phenoxy) is 2. The predicted octanol–water partition coefficient (Wildman–Crippen LogP) is 7.52. The van der Waals surface area contributed by atoms with Gasteiger partial charge in [-0.3, -0.25) is 14.5 Å². The number of carbonyl (C=O) groups excluding carboxylic acids is 2. The lowest BCUT2D eigenvalue weighted by atomic mass is 10.2. The average molecular weight is 661 g/mol. The zero-order chi connectivity index (χ0) is 33.1. The van der Waals surface area contributed by atoms with Gasteiger partial charge >= 0.3 is 0 Å². The minimum atomic E-state index is -0.416. The zero-order valence-electron chi connectivity index (χ0n) is 25.5. The van der Waals surface area contributed by atoms with Crippen molar-refractivity contribution in [2.24, 2.45) is 10.2 Å². The van der Waals surface area contributed by atoms with E-state index >= 15 is 0 Å². The van der Waals surface area contributed by atoms with Crippen molar-refractivity contribution in [3.63, 3.8) is 0 Å². The van der Waals surface area contributed by atoms with Gasteiger partial charge < -0.3 is 19.2 Å². The molecule has 1 aliphatic rings. The summed E-state index contributed by atoms with van der Waals surface area (Å²) in [5.41, 5.74) is 2.89. The van der Waals surface area contributed by atoms with E-state index < -0.39 is 11.7 Å². The number of carbonyl (C=O) groups is 2. The molecule has 0 aliphatic carbocycles. The summed E-state index contributed by atoms with van der Waals surface area (Å²) in [6, 6.07) is 33.4. The van der Waals surface area contributed by atoms with E-state index in [4.69, 9.17) is 13.9 Å². The van der Waals surface area contributed by atoms with Crippen LogP contribution in [0.25, 0.3) is 6.08 Å². The van der Waals surface area contributed by atoms with Crippen LogP contribution in [0.3, 0.4) is 0 Å². The molecule has 48 heavy (non-hydrogen) atoms. The molecule has 0 atom stereocenters. The predicted molar refractivity (Wildman–Crippen MR) is 184 cm³/mol. The quantitative estimate of drug-likeness (QED) is 0.0843. The van der Waals surface area contributed by atoms with Crippen LogP contribution in [0.2, 0.25) is 0 Å². The van der Waals surface area contributed by atoms with E-state index in [0.717, 1.165) is 11.1 Å². The van der Waals surface area contributed by atoms with Gasteiger partial charge in [0.25, 0.3) is 11.8 Å². The maximum atomic E-state index is 13.6. The molecule has 1 fully saturated rings. The fourth-order valence-electron chi connectivity index (χ4n) is 4.60. The van der Waals surface area contributed by atoms with Crippen LogP contribution in [-0.2, 0) is 22.7 Å². The second kappa shape index (κ2) is 15.6. The second-order valence-electron chi connectivity index (χ2n) is 10.4. The highest BCUT2D eigenvalue weighted by molar-refractivity contribution is 8.18. The van der Waals surface area contributed by atoms with Gasteiger partial charge in [0.1, 0.15) is 29.7 Å². The molecule has 0 spiro atoms. The summed E-state index contributed by atoms with van der Waals surface area (Å²) < 4.78 is 30.4. The van der Waals surface area contributed by atoms with Crippen molar-refractivity contribution in [3.8, 4) is 11.5 Å². The molecule has 1 saturated heterocycles. The SMILES string of the molecule is O=C(COc1ccccc1/C=C1\S/C(=N/N=C\c2cccc(OCc3ccccc3)c2)N(Cc2ccco2)C1=O)Nc1ccc(F)cc1. The first-order chi connectivity index (χ1) is 23.5. The van der Waals surface area contributed by atoms with E-state index in [1.165, 1.54) is 40.9 Å². The largest absolute Gasteiger partial charge is 0.489 e. The summed E-state index contributed by atoms with van der Waals surface area (Å²) in [5.74, 6) is 0.581. The Hall–Kier alpha value is -5.94. The molecule has 2 heterocycles. The molecule has 9 nitrogen and oxygen atoms in total. The molecule has 0 radical (unpaired) electrons. The molecule has 1 aromatic heterocycles. The number of rotatable bonds is 12. The van der Waals surface area contributed by atoms with Crippen molar-refractivity contribution >= 4 is 46.7 Å². The minimum Gasteiger partial charge on any atom is -0.489 e. The van der Waals surface area contributed by atoms with E-state index in [1.54, 1.807) is 55.0 Å². The Balaban J connectivity index is 1.16. The smallest absolute Gasteiger partial charge is 0.267 e. The molecule has 6 rings (SSSR count). The summed E-state index contributed by atoms with van der Waals surface area (Å²) in [6.07, 6.45) is 4.83. The van der Waals surface area contributed by atoms with E-state index in [-0.39, 0.29) is 19.1 Å². The molecule has 240 valence electrons. The Morgan fingerprint density at radius 3 is 2.54 bits per heavy atom. The number of amides is 2. The minimum absolute atomic E-state index is 0.162. The van der Waals surface area contributed by atoms with Crippen molar-refractivity contribution in [1.82, 2.24) is 4.90 Å². The summed E-state index contributed by atoms with van der Waals surface area (Å²) >= 11 is 1.17. The number of nitrogens with one attached hydrogen (secondary N) is 1. The maximum absolute atomic E-state index is 13.6. The molecule has 0 unspecified atom stereocenters. The lowest BCUT2D eigenvalue weighted by Gasteiger charge is -2.12. The summed E-state index contributed by atoms with van der Waals surface area (Å²) in [5, 5.41) is 11.7. The molecular formula is C37H29FN4O5S. The van der Waals surface area contributed by atoms with Gasteiger partial charge in [0.05, 0.1) is 23.9 Å². The van der Waals surface area contributed by atoms with Crippen LogP contribution in [0.4, 0.5) is 10.1 Å². The van der Waals surface area contributed by atoms with Crippen molar-refractivity contribution in [1.29, 1.82) is 0 Å². The molecule has 1 aliphatic heterocycles. The molecule has 1 N–H and O–H groups in total. The van der Waals surface area contributed by atoms with Gasteiger partial charge in [0.15, 0.2) is 11.8 Å². The van der Waals surface area contributed by atoms with Gasteiger partial charge in [-0.2, -0.15) is 5.10 Å². The summed E-state index contributed by atoms with van der Waals surface area (Å²) in [4.78, 5) is 28.0. The first-order valence-electron chi connectivity index (χ1n) is 14.9. The van der Waals surface area contributed by atoms with Crippen LogP contribution in [0.5, 0.6) is 11.5 Å². The number of hydrogen-bond donors (Lipinski definition) is 1. The zero-order valence-corrected chi connectivity index (χ0v) is 26.3. The van der Waals surface area contributed by atoms with Gasteiger partial charge in [-0.05, 0) is 83.6 Å². The van der Waals surface area contributed by atoms with Crippen LogP contribution in [0.15, 0.2) is 141 Å². The third-order valence-electron chi connectivity index (χ3n) is 6.93. The first-order valence-corrected chi connectivity index (χ1v) is 15.7. The molecular weight excluding hydrogens is 631 g/mol. The van der Waals surface area contributed by atoms with Gasteiger partial charge in [0.2, 0.25) is 0 Å². The highest BCUT2D eigenvalue weighted by Crippen LogP contribution is 2.35.